The molecule has 12 heteroatoms. The third-order valence-electron chi connectivity index (χ3n) is 9.97. The zero-order valence-corrected chi connectivity index (χ0v) is 30.2. The van der Waals surface area contributed by atoms with Gasteiger partial charge in [0.25, 0.3) is 0 Å². The molecule has 2 amide bonds. The predicted molar refractivity (Wildman–Crippen MR) is 198 cm³/mol. The number of amides is 2. The minimum atomic E-state index is -0.575. The van der Waals surface area contributed by atoms with Crippen molar-refractivity contribution in [1.29, 1.82) is 0 Å². The number of oxazole rings is 1. The Hall–Kier alpha value is -5.49. The molecule has 2 N–H and O–H groups in total. The largest absolute Gasteiger partial charge is 0.444 e. The summed E-state index contributed by atoms with van der Waals surface area (Å²) in [7, 11) is 3.89. The van der Waals surface area contributed by atoms with E-state index in [-0.39, 0.29) is 30.1 Å². The minimum Gasteiger partial charge on any atom is -0.444 e. The number of rotatable bonds is 7. The number of aromatic amines is 2. The van der Waals surface area contributed by atoms with Gasteiger partial charge in [-0.15, -0.1) is 0 Å². The molecule has 3 atom stereocenters. The first-order valence-corrected chi connectivity index (χ1v) is 18.0. The van der Waals surface area contributed by atoms with Crippen LogP contribution >= 0.6 is 0 Å². The third-order valence-corrected chi connectivity index (χ3v) is 9.97. The number of hydrogen-bond acceptors (Lipinski definition) is 8. The number of benzene rings is 3. The van der Waals surface area contributed by atoms with E-state index in [1.54, 1.807) is 11.1 Å². The molecule has 0 aliphatic carbocycles. The quantitative estimate of drug-likeness (QED) is 0.172. The van der Waals surface area contributed by atoms with Crippen molar-refractivity contribution in [2.45, 2.75) is 70.2 Å². The molecule has 0 radical (unpaired) electrons. The molecule has 0 bridgehead atoms. The SMILES string of the molecule is CN(C)[C@@H](C(=O)N1CCC[C@H]1c1nc2ccc(-c3cnc(-c4cccc5[nH]c([C@H]6CCCN6C(=O)OC(C)(C)C)nc45)o3)cc2[nH]1)c1ccccc1. The Morgan fingerprint density at radius 3 is 2.35 bits per heavy atom. The van der Waals surface area contributed by atoms with Gasteiger partial charge in [0.1, 0.15) is 28.8 Å². The van der Waals surface area contributed by atoms with Gasteiger partial charge in [0, 0.05) is 18.7 Å². The maximum atomic E-state index is 14.0. The average Bonchev–Trinajstić information content (AvgIpc) is 3.96. The minimum absolute atomic E-state index is 0.0803. The van der Waals surface area contributed by atoms with Gasteiger partial charge >= 0.3 is 6.09 Å². The molecule has 3 aromatic carbocycles. The fourth-order valence-corrected chi connectivity index (χ4v) is 7.61. The first kappa shape index (κ1) is 33.6. The number of imidazole rings is 2. The Balaban J connectivity index is 1.04. The van der Waals surface area contributed by atoms with E-state index in [1.165, 1.54) is 0 Å². The zero-order chi connectivity index (χ0) is 36.1. The number of likely N-dealkylation sites (tertiary alicyclic amines) is 2. The second-order valence-corrected chi connectivity index (χ2v) is 15.0. The molecule has 2 fully saturated rings. The first-order valence-electron chi connectivity index (χ1n) is 18.0. The van der Waals surface area contributed by atoms with Crippen molar-refractivity contribution in [3.8, 4) is 22.8 Å². The molecule has 3 aromatic heterocycles. The van der Waals surface area contributed by atoms with E-state index in [9.17, 15) is 9.59 Å². The molecule has 268 valence electrons. The summed E-state index contributed by atoms with van der Waals surface area (Å²) in [5.74, 6) is 2.65. The van der Waals surface area contributed by atoms with Crippen molar-refractivity contribution >= 4 is 34.1 Å². The Labute approximate surface area is 302 Å². The number of carbonyl (C=O) groups excluding carboxylic acids is 2. The Morgan fingerprint density at radius 1 is 0.885 bits per heavy atom. The Morgan fingerprint density at radius 2 is 1.60 bits per heavy atom. The van der Waals surface area contributed by atoms with Crippen LogP contribution in [0.25, 0.3) is 44.8 Å². The second kappa shape index (κ2) is 13.2. The number of carbonyl (C=O) groups is 2. The standard InChI is InChI=1S/C40H44N8O4/c1-40(2,3)52-39(50)48-21-11-17-31(48)36-43-28-15-9-14-26(33(28)45-36)37-41-23-32(51-37)25-18-19-27-29(22-25)44-35(42-27)30-16-10-20-47(30)38(49)34(46(4)5)24-12-7-6-8-13-24/h6-9,12-15,18-19,22-23,30-31,34H,10-11,16-17,20-21H2,1-5H3,(H,42,44)(H,43,45)/t30-,31+,34+/m0/s1. The summed E-state index contributed by atoms with van der Waals surface area (Å²) in [6.07, 6.45) is 4.84. The van der Waals surface area contributed by atoms with E-state index in [4.69, 9.17) is 19.1 Å². The summed E-state index contributed by atoms with van der Waals surface area (Å²) in [4.78, 5) is 54.2. The van der Waals surface area contributed by atoms with Gasteiger partial charge in [-0.1, -0.05) is 36.4 Å². The lowest BCUT2D eigenvalue weighted by Gasteiger charge is -2.31. The van der Waals surface area contributed by atoms with E-state index < -0.39 is 5.60 Å². The summed E-state index contributed by atoms with van der Waals surface area (Å²) in [6.45, 7) is 6.94. The first-order chi connectivity index (χ1) is 25.0. The lowest BCUT2D eigenvalue weighted by Crippen LogP contribution is -2.40. The Bertz CT molecular complexity index is 2250. The number of para-hydroxylation sites is 1. The van der Waals surface area contributed by atoms with Crippen LogP contribution in [0.3, 0.4) is 0 Å². The summed E-state index contributed by atoms with van der Waals surface area (Å²) in [5.41, 5.74) is 5.28. The fourth-order valence-electron chi connectivity index (χ4n) is 7.61. The molecular formula is C40H44N8O4. The summed E-state index contributed by atoms with van der Waals surface area (Å²) in [5, 5.41) is 0. The second-order valence-electron chi connectivity index (χ2n) is 15.0. The number of aromatic nitrogens is 5. The van der Waals surface area contributed by atoms with Crippen LogP contribution in [-0.2, 0) is 9.53 Å². The number of nitrogens with one attached hydrogen (secondary N) is 2. The smallest absolute Gasteiger partial charge is 0.410 e. The van der Waals surface area contributed by atoms with E-state index in [1.807, 2.05) is 111 Å². The lowest BCUT2D eigenvalue weighted by molar-refractivity contribution is -0.137. The summed E-state index contributed by atoms with van der Waals surface area (Å²) in [6, 6.07) is 21.1. The van der Waals surface area contributed by atoms with Crippen molar-refractivity contribution in [2.75, 3.05) is 27.2 Å². The molecule has 52 heavy (non-hydrogen) atoms. The molecule has 8 rings (SSSR count). The number of ether oxygens (including phenoxy) is 1. The number of H-pyrrole nitrogens is 2. The molecule has 2 saturated heterocycles. The molecule has 0 unspecified atom stereocenters. The number of likely N-dealkylation sites (N-methyl/N-ethyl adjacent to an activating group) is 1. The van der Waals surface area contributed by atoms with Gasteiger partial charge in [0.05, 0.1) is 40.4 Å². The molecule has 5 heterocycles. The van der Waals surface area contributed by atoms with Crippen LogP contribution < -0.4 is 0 Å². The van der Waals surface area contributed by atoms with Crippen LogP contribution in [0.4, 0.5) is 4.79 Å². The molecule has 2 aliphatic rings. The van der Waals surface area contributed by atoms with Crippen LogP contribution in [0.5, 0.6) is 0 Å². The molecule has 0 spiro atoms. The summed E-state index contributed by atoms with van der Waals surface area (Å²) >= 11 is 0. The van der Waals surface area contributed by atoms with Crippen LogP contribution in [0, 0.1) is 0 Å². The highest BCUT2D eigenvalue weighted by Crippen LogP contribution is 2.38. The highest BCUT2D eigenvalue weighted by atomic mass is 16.6. The topological polar surface area (TPSA) is 136 Å². The normalized spacial score (nSPS) is 18.6. The molecule has 6 aromatic rings. The third kappa shape index (κ3) is 6.32. The maximum Gasteiger partial charge on any atom is 0.410 e. The van der Waals surface area contributed by atoms with Crippen molar-refractivity contribution in [2.24, 2.45) is 0 Å². The number of fused-ring (bicyclic) bond motifs is 2. The molecule has 0 saturated carbocycles. The average molecular weight is 701 g/mol. The molecule has 2 aliphatic heterocycles. The Kier molecular flexibility index (Phi) is 8.57. The van der Waals surface area contributed by atoms with Crippen molar-refractivity contribution in [3.63, 3.8) is 0 Å². The predicted octanol–water partition coefficient (Wildman–Crippen LogP) is 7.80. The van der Waals surface area contributed by atoms with Crippen molar-refractivity contribution in [1.82, 2.24) is 39.6 Å². The van der Waals surface area contributed by atoms with E-state index in [2.05, 4.69) is 15.0 Å². The van der Waals surface area contributed by atoms with Gasteiger partial charge in [-0.2, -0.15) is 0 Å². The van der Waals surface area contributed by atoms with Gasteiger partial charge in [-0.3, -0.25) is 14.6 Å². The molecular weight excluding hydrogens is 656 g/mol. The van der Waals surface area contributed by atoms with Gasteiger partial charge in [-0.05, 0) is 96.4 Å². The summed E-state index contributed by atoms with van der Waals surface area (Å²) < 4.78 is 12.0. The molecule has 12 nitrogen and oxygen atoms in total. The van der Waals surface area contributed by atoms with E-state index >= 15 is 0 Å². The van der Waals surface area contributed by atoms with Crippen molar-refractivity contribution < 1.29 is 18.7 Å². The monoisotopic (exact) mass is 700 g/mol. The lowest BCUT2D eigenvalue weighted by atomic mass is 10.0. The van der Waals surface area contributed by atoms with Crippen LogP contribution in [-0.4, -0.2) is 84.4 Å². The van der Waals surface area contributed by atoms with Gasteiger partial charge in [0.15, 0.2) is 5.76 Å². The van der Waals surface area contributed by atoms with Gasteiger partial charge in [0.2, 0.25) is 11.8 Å². The van der Waals surface area contributed by atoms with Crippen molar-refractivity contribution in [3.05, 3.63) is 90.1 Å². The highest BCUT2D eigenvalue weighted by Gasteiger charge is 2.38. The van der Waals surface area contributed by atoms with Gasteiger partial charge < -0.3 is 24.0 Å². The van der Waals surface area contributed by atoms with Crippen LogP contribution in [0.2, 0.25) is 0 Å². The fraction of sp³-hybridized carbons (Fsp3) is 0.375. The number of nitrogens with zero attached hydrogens (tertiary/aromatic N) is 6. The number of hydrogen-bond donors (Lipinski definition) is 2. The van der Waals surface area contributed by atoms with E-state index in [0.29, 0.717) is 24.7 Å². The van der Waals surface area contributed by atoms with Crippen LogP contribution in [0.15, 0.2) is 77.3 Å². The maximum absolute atomic E-state index is 14.0. The highest BCUT2D eigenvalue weighted by molar-refractivity contribution is 5.90. The van der Waals surface area contributed by atoms with Gasteiger partial charge in [-0.25, -0.2) is 19.7 Å². The van der Waals surface area contributed by atoms with Crippen LogP contribution in [0.1, 0.15) is 81.8 Å². The van der Waals surface area contributed by atoms with E-state index in [0.717, 1.165) is 76.1 Å². The zero-order valence-electron chi connectivity index (χ0n) is 30.2.